The van der Waals surface area contributed by atoms with Crippen LogP contribution in [0.1, 0.15) is 32.7 Å². The Bertz CT molecular complexity index is 475. The minimum Gasteiger partial charge on any atom is -0.480 e. The Labute approximate surface area is 102 Å². The Morgan fingerprint density at radius 1 is 1.59 bits per heavy atom. The van der Waals surface area contributed by atoms with E-state index in [1.165, 1.54) is 0 Å². The number of nitrogens with zero attached hydrogens (tertiary/aromatic N) is 2. The second-order valence-corrected chi connectivity index (χ2v) is 5.64. The zero-order chi connectivity index (χ0) is 12.6. The van der Waals surface area contributed by atoms with E-state index in [0.717, 1.165) is 24.6 Å². The first-order valence-electron chi connectivity index (χ1n) is 5.57. The normalized spacial score (nSPS) is 17.4. The molecule has 6 nitrogen and oxygen atoms in total. The number of hydrogen-bond acceptors (Lipinski definition) is 4. The molecule has 0 spiro atoms. The summed E-state index contributed by atoms with van der Waals surface area (Å²) in [5.41, 5.74) is -0.247. The minimum absolute atomic E-state index is 0.0167. The van der Waals surface area contributed by atoms with Crippen molar-refractivity contribution in [3.63, 3.8) is 0 Å². The molecule has 1 saturated carbocycles. The van der Waals surface area contributed by atoms with E-state index < -0.39 is 11.2 Å². The van der Waals surface area contributed by atoms with Crippen molar-refractivity contribution in [3.8, 4) is 0 Å². The average molecular weight is 257 g/mol. The van der Waals surface area contributed by atoms with Crippen molar-refractivity contribution < 1.29 is 9.90 Å². The van der Waals surface area contributed by atoms with Gasteiger partial charge in [-0.3, -0.25) is 9.36 Å². The van der Waals surface area contributed by atoms with Crippen LogP contribution in [0.5, 0.6) is 0 Å². The number of aliphatic carboxylic acids is 1. The molecule has 2 rings (SSSR count). The van der Waals surface area contributed by atoms with Gasteiger partial charge in [-0.2, -0.15) is 0 Å². The van der Waals surface area contributed by atoms with Crippen LogP contribution in [0.2, 0.25) is 0 Å². The second kappa shape index (κ2) is 4.56. The summed E-state index contributed by atoms with van der Waals surface area (Å²) < 4.78 is 1.57. The topological polar surface area (TPSA) is 88.0 Å². The molecule has 1 aromatic rings. The first-order chi connectivity index (χ1) is 8.00. The zero-order valence-electron chi connectivity index (χ0n) is 9.71. The molecule has 1 aliphatic rings. The average Bonchev–Trinajstić information content (AvgIpc) is 2.99. The lowest BCUT2D eigenvalue weighted by atomic mass is 10.1. The molecule has 0 saturated heterocycles. The first kappa shape index (κ1) is 12.2. The summed E-state index contributed by atoms with van der Waals surface area (Å²) in [4.78, 5) is 22.6. The fraction of sp³-hybridized carbons (Fsp3) is 0.700. The van der Waals surface area contributed by atoms with Gasteiger partial charge in [0.05, 0.1) is 0 Å². The number of nitrogens with one attached hydrogen (secondary N) is 1. The summed E-state index contributed by atoms with van der Waals surface area (Å²) in [6, 6.07) is 0.199. The molecular weight excluding hydrogens is 242 g/mol. The lowest BCUT2D eigenvalue weighted by molar-refractivity contribution is -0.137. The largest absolute Gasteiger partial charge is 0.480 e. The molecule has 1 aliphatic carbocycles. The smallest absolute Gasteiger partial charge is 0.344 e. The van der Waals surface area contributed by atoms with E-state index >= 15 is 0 Å². The lowest BCUT2D eigenvalue weighted by Gasteiger charge is -2.14. The van der Waals surface area contributed by atoms with Crippen LogP contribution in [0.3, 0.4) is 0 Å². The van der Waals surface area contributed by atoms with Gasteiger partial charge in [-0.25, -0.2) is 9.89 Å². The maximum Gasteiger partial charge on any atom is 0.344 e. The van der Waals surface area contributed by atoms with Gasteiger partial charge in [0.2, 0.25) is 0 Å². The van der Waals surface area contributed by atoms with Gasteiger partial charge < -0.3 is 5.11 Å². The molecule has 0 radical (unpaired) electrons. The van der Waals surface area contributed by atoms with Gasteiger partial charge in [0, 0.05) is 6.04 Å². The number of aromatic nitrogens is 3. The van der Waals surface area contributed by atoms with Gasteiger partial charge >= 0.3 is 11.7 Å². The third-order valence-electron chi connectivity index (χ3n) is 2.67. The highest BCUT2D eigenvalue weighted by Gasteiger charge is 2.31. The fourth-order valence-electron chi connectivity index (χ4n) is 1.61. The highest BCUT2D eigenvalue weighted by molar-refractivity contribution is 8.00. The monoisotopic (exact) mass is 257 g/mol. The zero-order valence-corrected chi connectivity index (χ0v) is 10.5. The molecular formula is C10H15N3O3S. The number of thioether (sulfide) groups is 1. The van der Waals surface area contributed by atoms with Crippen LogP contribution in [-0.2, 0) is 4.79 Å². The summed E-state index contributed by atoms with van der Waals surface area (Å²) in [7, 11) is 0. The number of aromatic amines is 1. The van der Waals surface area contributed by atoms with Gasteiger partial charge in [-0.05, 0) is 18.8 Å². The number of rotatable bonds is 5. The molecule has 0 bridgehead atoms. The number of carboxylic acid groups (broad SMARTS) is 1. The third kappa shape index (κ3) is 2.54. The minimum atomic E-state index is -0.872. The predicted octanol–water partition coefficient (Wildman–Crippen LogP) is 1.11. The van der Waals surface area contributed by atoms with E-state index in [1.54, 1.807) is 4.57 Å². The molecule has 1 unspecified atom stereocenters. The van der Waals surface area contributed by atoms with Gasteiger partial charge in [-0.15, -0.1) is 5.10 Å². The fourth-order valence-corrected chi connectivity index (χ4v) is 2.66. The van der Waals surface area contributed by atoms with Crippen LogP contribution in [0.4, 0.5) is 0 Å². The molecule has 0 amide bonds. The van der Waals surface area contributed by atoms with Crippen LogP contribution in [0.25, 0.3) is 0 Å². The quantitative estimate of drug-likeness (QED) is 0.771. The molecule has 1 atom stereocenters. The molecule has 94 valence electrons. The van der Waals surface area contributed by atoms with Crippen LogP contribution in [-0.4, -0.2) is 31.1 Å². The molecule has 0 aromatic carbocycles. The van der Waals surface area contributed by atoms with E-state index in [2.05, 4.69) is 10.2 Å². The number of carbonyl (C=O) groups is 1. The molecule has 1 aromatic heterocycles. The van der Waals surface area contributed by atoms with E-state index in [-0.39, 0.29) is 17.6 Å². The van der Waals surface area contributed by atoms with E-state index in [9.17, 15) is 9.59 Å². The van der Waals surface area contributed by atoms with Crippen LogP contribution < -0.4 is 5.69 Å². The standard InChI is InChI=1S/C10H15N3O3S/c1-5(2)7(8(14)15)17-10-12-11-9(16)13(10)6-3-4-6/h5-7H,3-4H2,1-2H3,(H,11,16)(H,14,15). The van der Waals surface area contributed by atoms with Crippen molar-refractivity contribution in [2.45, 2.75) is 43.1 Å². The van der Waals surface area contributed by atoms with Crippen molar-refractivity contribution in [1.29, 1.82) is 0 Å². The van der Waals surface area contributed by atoms with Gasteiger partial charge in [0.25, 0.3) is 0 Å². The molecule has 17 heavy (non-hydrogen) atoms. The van der Waals surface area contributed by atoms with Gasteiger partial charge in [-0.1, -0.05) is 25.6 Å². The van der Waals surface area contributed by atoms with Crippen molar-refractivity contribution in [3.05, 3.63) is 10.5 Å². The van der Waals surface area contributed by atoms with Crippen LogP contribution in [0, 0.1) is 5.92 Å². The third-order valence-corrected chi connectivity index (χ3v) is 4.16. The molecule has 1 fully saturated rings. The highest BCUT2D eigenvalue weighted by Crippen LogP contribution is 2.37. The molecule has 2 N–H and O–H groups in total. The van der Waals surface area contributed by atoms with Crippen molar-refractivity contribution in [2.24, 2.45) is 5.92 Å². The summed E-state index contributed by atoms with van der Waals surface area (Å²) in [5, 5.41) is 15.3. The van der Waals surface area contributed by atoms with E-state index in [0.29, 0.717) is 5.16 Å². The van der Waals surface area contributed by atoms with Crippen LogP contribution in [0.15, 0.2) is 9.95 Å². The van der Waals surface area contributed by atoms with Crippen molar-refractivity contribution in [2.75, 3.05) is 0 Å². The molecule has 0 aliphatic heterocycles. The maximum atomic E-state index is 11.5. The van der Waals surface area contributed by atoms with Crippen molar-refractivity contribution >= 4 is 17.7 Å². The lowest BCUT2D eigenvalue weighted by Crippen LogP contribution is -2.24. The van der Waals surface area contributed by atoms with E-state index in [1.807, 2.05) is 13.8 Å². The Morgan fingerprint density at radius 2 is 2.24 bits per heavy atom. The van der Waals surface area contributed by atoms with Gasteiger partial charge in [0.1, 0.15) is 5.25 Å². The molecule has 1 heterocycles. The summed E-state index contributed by atoms with van der Waals surface area (Å²) in [5.74, 6) is -0.889. The summed E-state index contributed by atoms with van der Waals surface area (Å²) in [6.45, 7) is 3.69. The Kier molecular flexibility index (Phi) is 3.28. The number of hydrogen-bond donors (Lipinski definition) is 2. The highest BCUT2D eigenvalue weighted by atomic mass is 32.2. The Balaban J connectivity index is 2.22. The summed E-state index contributed by atoms with van der Waals surface area (Å²) >= 11 is 1.14. The molecule has 7 heteroatoms. The first-order valence-corrected chi connectivity index (χ1v) is 6.45. The van der Waals surface area contributed by atoms with Gasteiger partial charge in [0.15, 0.2) is 5.16 Å². The van der Waals surface area contributed by atoms with Crippen molar-refractivity contribution in [1.82, 2.24) is 14.8 Å². The summed E-state index contributed by atoms with van der Waals surface area (Å²) in [6.07, 6.45) is 1.93. The second-order valence-electron chi connectivity index (χ2n) is 4.53. The number of carboxylic acids is 1. The number of H-pyrrole nitrogens is 1. The van der Waals surface area contributed by atoms with E-state index in [4.69, 9.17) is 5.11 Å². The Morgan fingerprint density at radius 3 is 2.71 bits per heavy atom. The predicted molar refractivity (Wildman–Crippen MR) is 63.2 cm³/mol. The van der Waals surface area contributed by atoms with Crippen LogP contribution >= 0.6 is 11.8 Å². The SMILES string of the molecule is CC(C)C(Sc1n[nH]c(=O)n1C1CC1)C(=O)O. The maximum absolute atomic E-state index is 11.5. The Hall–Kier alpha value is -1.24.